The van der Waals surface area contributed by atoms with Crippen molar-refractivity contribution in [3.05, 3.63) is 53.6 Å². The molecule has 0 atom stereocenters. The predicted molar refractivity (Wildman–Crippen MR) is 80.2 cm³/mol. The summed E-state index contributed by atoms with van der Waals surface area (Å²) in [7, 11) is 3.18. The lowest BCUT2D eigenvalue weighted by atomic mass is 10.1. The number of hydrogen-bond acceptors (Lipinski definition) is 3. The van der Waals surface area contributed by atoms with E-state index in [0.29, 0.717) is 30.0 Å². The van der Waals surface area contributed by atoms with E-state index in [0.717, 1.165) is 0 Å². The van der Waals surface area contributed by atoms with E-state index < -0.39 is 11.6 Å². The van der Waals surface area contributed by atoms with Crippen molar-refractivity contribution in [1.29, 1.82) is 0 Å². The molecule has 3 nitrogen and oxygen atoms in total. The molecule has 0 radical (unpaired) electrons. The maximum atomic E-state index is 14.2. The van der Waals surface area contributed by atoms with E-state index in [4.69, 9.17) is 10.5 Å². The van der Waals surface area contributed by atoms with Gasteiger partial charge in [-0.1, -0.05) is 0 Å². The molecule has 21 heavy (non-hydrogen) atoms. The molecule has 0 unspecified atom stereocenters. The lowest BCUT2D eigenvalue weighted by molar-refractivity contribution is 0.415. The monoisotopic (exact) mass is 292 g/mol. The Balaban J connectivity index is 2.35. The molecule has 0 aromatic heterocycles. The number of nitrogens with two attached hydrogens (primary N) is 1. The van der Waals surface area contributed by atoms with Gasteiger partial charge in [0.2, 0.25) is 0 Å². The van der Waals surface area contributed by atoms with Crippen LogP contribution >= 0.6 is 0 Å². The minimum atomic E-state index is -0.600. The highest BCUT2D eigenvalue weighted by Crippen LogP contribution is 2.31. The second-order valence-corrected chi connectivity index (χ2v) is 4.70. The third-order valence-electron chi connectivity index (χ3n) is 3.30. The van der Waals surface area contributed by atoms with E-state index in [1.54, 1.807) is 38.4 Å². The number of halogens is 2. The normalized spacial score (nSPS) is 10.5. The molecular formula is C16H18F2N2O. The molecule has 2 aromatic rings. The molecule has 0 aliphatic rings. The molecule has 0 fully saturated rings. The van der Waals surface area contributed by atoms with Crippen molar-refractivity contribution < 1.29 is 13.5 Å². The van der Waals surface area contributed by atoms with Crippen LogP contribution in [0.2, 0.25) is 0 Å². The summed E-state index contributed by atoms with van der Waals surface area (Å²) in [6, 6.07) is 9.61. The Morgan fingerprint density at radius 3 is 2.14 bits per heavy atom. The van der Waals surface area contributed by atoms with Gasteiger partial charge in [0.05, 0.1) is 7.11 Å². The van der Waals surface area contributed by atoms with Crippen LogP contribution in [0.15, 0.2) is 36.4 Å². The maximum Gasteiger partial charge on any atom is 0.150 e. The minimum Gasteiger partial charge on any atom is -0.497 e. The zero-order valence-corrected chi connectivity index (χ0v) is 12.1. The van der Waals surface area contributed by atoms with Crippen molar-refractivity contribution in [1.82, 2.24) is 0 Å². The maximum absolute atomic E-state index is 14.2. The van der Waals surface area contributed by atoms with E-state index in [9.17, 15) is 8.78 Å². The molecule has 2 N–H and O–H groups in total. The van der Waals surface area contributed by atoms with Gasteiger partial charge in [0.15, 0.2) is 0 Å². The van der Waals surface area contributed by atoms with E-state index in [1.807, 2.05) is 0 Å². The summed E-state index contributed by atoms with van der Waals surface area (Å²) in [5, 5.41) is 0. The number of benzene rings is 2. The number of anilines is 2. The summed E-state index contributed by atoms with van der Waals surface area (Å²) in [6.45, 7) is 0.354. The quantitative estimate of drug-likeness (QED) is 0.919. The van der Waals surface area contributed by atoms with Gasteiger partial charge in [-0.2, -0.15) is 0 Å². The van der Waals surface area contributed by atoms with Crippen LogP contribution in [0.5, 0.6) is 5.75 Å². The minimum absolute atomic E-state index is 0.0825. The van der Waals surface area contributed by atoms with Crippen molar-refractivity contribution >= 4 is 11.4 Å². The number of rotatable bonds is 5. The van der Waals surface area contributed by atoms with Crippen LogP contribution in [0.1, 0.15) is 5.56 Å². The average Bonchev–Trinajstić information content (AvgIpc) is 2.47. The van der Waals surface area contributed by atoms with Crippen molar-refractivity contribution in [3.8, 4) is 5.75 Å². The van der Waals surface area contributed by atoms with E-state index in [-0.39, 0.29) is 5.69 Å². The van der Waals surface area contributed by atoms with Crippen LogP contribution in [0.4, 0.5) is 20.2 Å². The topological polar surface area (TPSA) is 38.5 Å². The molecule has 0 saturated heterocycles. The highest BCUT2D eigenvalue weighted by molar-refractivity contribution is 5.64. The van der Waals surface area contributed by atoms with Crippen LogP contribution in [-0.2, 0) is 6.42 Å². The number of nitrogens with zero attached hydrogens (tertiary/aromatic N) is 1. The van der Waals surface area contributed by atoms with Crippen molar-refractivity contribution in [2.45, 2.75) is 6.42 Å². The van der Waals surface area contributed by atoms with Crippen LogP contribution in [0.25, 0.3) is 0 Å². The van der Waals surface area contributed by atoms with E-state index in [1.165, 1.54) is 17.0 Å². The fraction of sp³-hybridized carbons (Fsp3) is 0.250. The molecule has 0 saturated carbocycles. The first-order valence-corrected chi connectivity index (χ1v) is 6.62. The average molecular weight is 292 g/mol. The predicted octanol–water partition coefficient (Wildman–Crippen LogP) is 3.24. The molecule has 2 rings (SSSR count). The third kappa shape index (κ3) is 3.31. The van der Waals surface area contributed by atoms with Gasteiger partial charge < -0.3 is 15.4 Å². The smallest absolute Gasteiger partial charge is 0.150 e. The van der Waals surface area contributed by atoms with Crippen LogP contribution in [0, 0.1) is 11.6 Å². The number of methoxy groups -OCH3 is 1. The molecule has 5 heteroatoms. The lowest BCUT2D eigenvalue weighted by Gasteiger charge is -2.21. The Morgan fingerprint density at radius 2 is 1.67 bits per heavy atom. The molecule has 0 bridgehead atoms. The second-order valence-electron chi connectivity index (χ2n) is 4.70. The van der Waals surface area contributed by atoms with Crippen molar-refractivity contribution in [2.24, 2.45) is 5.73 Å². The molecule has 2 aromatic carbocycles. The number of hydrogen-bond donors (Lipinski definition) is 1. The first kappa shape index (κ1) is 15.3. The van der Waals surface area contributed by atoms with E-state index >= 15 is 0 Å². The van der Waals surface area contributed by atoms with Crippen molar-refractivity contribution in [3.63, 3.8) is 0 Å². The van der Waals surface area contributed by atoms with Crippen molar-refractivity contribution in [2.75, 3.05) is 25.6 Å². The van der Waals surface area contributed by atoms with Gasteiger partial charge >= 0.3 is 0 Å². The fourth-order valence-corrected chi connectivity index (χ4v) is 2.18. The van der Waals surface area contributed by atoms with Gasteiger partial charge in [0.25, 0.3) is 0 Å². The summed E-state index contributed by atoms with van der Waals surface area (Å²) >= 11 is 0. The highest BCUT2D eigenvalue weighted by Gasteiger charge is 2.16. The van der Waals surface area contributed by atoms with Gasteiger partial charge in [0.1, 0.15) is 23.1 Å². The Morgan fingerprint density at radius 1 is 1.10 bits per heavy atom. The molecule has 0 heterocycles. The Hall–Kier alpha value is -2.14. The molecule has 0 aliphatic carbocycles. The summed E-state index contributed by atoms with van der Waals surface area (Å²) in [5.41, 5.74) is 6.55. The van der Waals surface area contributed by atoms with Crippen LogP contribution < -0.4 is 15.4 Å². The van der Waals surface area contributed by atoms with Gasteiger partial charge in [0, 0.05) is 12.7 Å². The molecule has 112 valence electrons. The largest absolute Gasteiger partial charge is 0.497 e. The first-order chi connectivity index (χ1) is 10.1. The molecule has 0 aliphatic heterocycles. The van der Waals surface area contributed by atoms with Gasteiger partial charge in [-0.05, 0) is 54.9 Å². The van der Waals surface area contributed by atoms with Gasteiger partial charge in [-0.3, -0.25) is 0 Å². The molecule has 0 amide bonds. The van der Waals surface area contributed by atoms with E-state index in [2.05, 4.69) is 0 Å². The van der Waals surface area contributed by atoms with Gasteiger partial charge in [-0.25, -0.2) is 8.78 Å². The number of ether oxygens (including phenoxy) is 1. The third-order valence-corrected chi connectivity index (χ3v) is 3.30. The molecular weight excluding hydrogens is 274 g/mol. The lowest BCUT2D eigenvalue weighted by Crippen LogP contribution is -2.14. The van der Waals surface area contributed by atoms with Gasteiger partial charge in [-0.15, -0.1) is 0 Å². The molecule has 0 spiro atoms. The Labute approximate surface area is 122 Å². The summed E-state index contributed by atoms with van der Waals surface area (Å²) < 4.78 is 33.4. The van der Waals surface area contributed by atoms with Crippen LogP contribution in [-0.4, -0.2) is 20.7 Å². The standard InChI is InChI=1S/C16H18F2N2O/c1-20(12-3-5-13(21-2)6-4-12)16-14(17)9-11(7-8-19)10-15(16)18/h3-6,9-10H,7-8,19H2,1-2H3. The zero-order valence-electron chi connectivity index (χ0n) is 12.1. The summed E-state index contributed by atoms with van der Waals surface area (Å²) in [6.07, 6.45) is 0.445. The summed E-state index contributed by atoms with van der Waals surface area (Å²) in [5.74, 6) is -0.514. The van der Waals surface area contributed by atoms with Crippen LogP contribution in [0.3, 0.4) is 0 Å². The fourth-order valence-electron chi connectivity index (χ4n) is 2.18. The summed E-state index contributed by atoms with van der Waals surface area (Å²) in [4.78, 5) is 1.47. The SMILES string of the molecule is COc1ccc(N(C)c2c(F)cc(CCN)cc2F)cc1. The Bertz CT molecular complexity index is 591. The zero-order chi connectivity index (χ0) is 15.4. The second kappa shape index (κ2) is 6.54. The Kier molecular flexibility index (Phi) is 4.75. The first-order valence-electron chi connectivity index (χ1n) is 6.62. The highest BCUT2D eigenvalue weighted by atomic mass is 19.1.